The Labute approximate surface area is 74.9 Å². The minimum absolute atomic E-state index is 0.531. The molecule has 2 rings (SSSR count). The van der Waals surface area contributed by atoms with Gasteiger partial charge in [0.2, 0.25) is 0 Å². The summed E-state index contributed by atoms with van der Waals surface area (Å²) in [6.07, 6.45) is 5.50. The summed E-state index contributed by atoms with van der Waals surface area (Å²) in [5.74, 6) is 0. The van der Waals surface area contributed by atoms with Crippen LogP contribution in [0.5, 0.6) is 0 Å². The van der Waals surface area contributed by atoms with Crippen LogP contribution >= 0.6 is 0 Å². The van der Waals surface area contributed by atoms with E-state index in [4.69, 9.17) is 4.74 Å². The van der Waals surface area contributed by atoms with Crippen LogP contribution in [0.1, 0.15) is 32.6 Å². The Balaban J connectivity index is 2.03. The molecular weight excluding hydrogens is 150 g/mol. The minimum Gasteiger partial charge on any atom is -0.383 e. The van der Waals surface area contributed by atoms with Gasteiger partial charge in [0.1, 0.15) is 0 Å². The molecule has 2 nitrogen and oxygen atoms in total. The third kappa shape index (κ3) is 1.17. The fourth-order valence-electron chi connectivity index (χ4n) is 2.93. The zero-order valence-corrected chi connectivity index (χ0v) is 8.18. The molecule has 1 unspecified atom stereocenters. The molecule has 2 aliphatic rings. The van der Waals surface area contributed by atoms with Gasteiger partial charge in [-0.05, 0) is 39.2 Å². The monoisotopic (exact) mass is 169 g/mol. The Bertz CT molecular complexity index is 171. The number of methoxy groups -OCH3 is 1. The van der Waals surface area contributed by atoms with E-state index in [0.717, 1.165) is 6.61 Å². The van der Waals surface area contributed by atoms with Gasteiger partial charge < -0.3 is 4.74 Å². The average molecular weight is 169 g/mol. The fourth-order valence-corrected chi connectivity index (χ4v) is 2.93. The van der Waals surface area contributed by atoms with Gasteiger partial charge in [0, 0.05) is 18.7 Å². The molecule has 0 aromatic heterocycles. The first kappa shape index (κ1) is 8.52. The minimum atomic E-state index is 0.531. The van der Waals surface area contributed by atoms with Crippen LogP contribution in [0.2, 0.25) is 0 Å². The van der Waals surface area contributed by atoms with Crippen molar-refractivity contribution in [2.75, 3.05) is 20.3 Å². The lowest BCUT2D eigenvalue weighted by Crippen LogP contribution is -2.41. The normalized spacial score (nSPS) is 42.0. The zero-order chi connectivity index (χ0) is 8.60. The van der Waals surface area contributed by atoms with Gasteiger partial charge in [-0.3, -0.25) is 4.90 Å². The maximum atomic E-state index is 5.24. The zero-order valence-electron chi connectivity index (χ0n) is 8.18. The molecule has 0 aromatic carbocycles. The molecule has 2 atom stereocenters. The molecule has 0 radical (unpaired) electrons. The number of fused-ring (bicyclic) bond motifs is 1. The quantitative estimate of drug-likeness (QED) is 0.623. The standard InChI is InChI=1S/C10H19NO/c1-10-5-3-7-11(10)9(4-6-10)8-12-2/h9H,3-8H2,1-2H3/t9?,10-/m0/s1. The molecule has 0 aromatic rings. The second-order valence-electron chi connectivity index (χ2n) is 4.44. The maximum Gasteiger partial charge on any atom is 0.0618 e. The highest BCUT2D eigenvalue weighted by Gasteiger charge is 2.45. The second-order valence-corrected chi connectivity index (χ2v) is 4.44. The van der Waals surface area contributed by atoms with Gasteiger partial charge in [-0.15, -0.1) is 0 Å². The molecule has 70 valence electrons. The summed E-state index contributed by atoms with van der Waals surface area (Å²) in [7, 11) is 1.81. The molecule has 0 saturated carbocycles. The number of hydrogen-bond donors (Lipinski definition) is 0. The first-order chi connectivity index (χ1) is 5.76. The molecule has 0 N–H and O–H groups in total. The Kier molecular flexibility index (Phi) is 2.13. The molecule has 2 saturated heterocycles. The van der Waals surface area contributed by atoms with Gasteiger partial charge in [0.15, 0.2) is 0 Å². The molecule has 0 bridgehead atoms. The van der Waals surface area contributed by atoms with Gasteiger partial charge in [-0.25, -0.2) is 0 Å². The largest absolute Gasteiger partial charge is 0.383 e. The van der Waals surface area contributed by atoms with Crippen LogP contribution in [0.3, 0.4) is 0 Å². The Morgan fingerprint density at radius 3 is 3.08 bits per heavy atom. The molecule has 2 heterocycles. The second kappa shape index (κ2) is 3.00. The van der Waals surface area contributed by atoms with E-state index in [9.17, 15) is 0 Å². The number of nitrogens with zero attached hydrogens (tertiary/aromatic N) is 1. The van der Waals surface area contributed by atoms with E-state index in [0.29, 0.717) is 11.6 Å². The molecule has 2 aliphatic heterocycles. The van der Waals surface area contributed by atoms with Crippen molar-refractivity contribution in [3.05, 3.63) is 0 Å². The predicted octanol–water partition coefficient (Wildman–Crippen LogP) is 1.65. The maximum absolute atomic E-state index is 5.24. The van der Waals surface area contributed by atoms with Gasteiger partial charge in [-0.2, -0.15) is 0 Å². The highest BCUT2D eigenvalue weighted by molar-refractivity contribution is 5.01. The average Bonchev–Trinajstić information content (AvgIpc) is 2.51. The van der Waals surface area contributed by atoms with E-state index in [1.807, 2.05) is 7.11 Å². The highest BCUT2D eigenvalue weighted by Crippen LogP contribution is 2.41. The van der Waals surface area contributed by atoms with E-state index >= 15 is 0 Å². The highest BCUT2D eigenvalue weighted by atomic mass is 16.5. The van der Waals surface area contributed by atoms with Crippen molar-refractivity contribution >= 4 is 0 Å². The van der Waals surface area contributed by atoms with Gasteiger partial charge in [0.25, 0.3) is 0 Å². The van der Waals surface area contributed by atoms with Gasteiger partial charge >= 0.3 is 0 Å². The molecular formula is C10H19NO. The fraction of sp³-hybridized carbons (Fsp3) is 1.00. The lowest BCUT2D eigenvalue weighted by molar-refractivity contribution is 0.0884. The van der Waals surface area contributed by atoms with Crippen molar-refractivity contribution in [1.29, 1.82) is 0 Å². The SMILES string of the molecule is COCC1CC[C@]2(C)CCCN12. The summed E-state index contributed by atoms with van der Waals surface area (Å²) in [4.78, 5) is 2.66. The van der Waals surface area contributed by atoms with Gasteiger partial charge in [-0.1, -0.05) is 0 Å². The number of rotatable bonds is 2. The van der Waals surface area contributed by atoms with Crippen molar-refractivity contribution in [3.8, 4) is 0 Å². The van der Waals surface area contributed by atoms with E-state index < -0.39 is 0 Å². The Morgan fingerprint density at radius 1 is 1.50 bits per heavy atom. The molecule has 12 heavy (non-hydrogen) atoms. The van der Waals surface area contributed by atoms with Crippen LogP contribution in [0.4, 0.5) is 0 Å². The van der Waals surface area contributed by atoms with Crippen molar-refractivity contribution in [3.63, 3.8) is 0 Å². The van der Waals surface area contributed by atoms with Crippen LogP contribution in [0.15, 0.2) is 0 Å². The third-order valence-electron chi connectivity index (χ3n) is 3.62. The lowest BCUT2D eigenvalue weighted by Gasteiger charge is -2.31. The van der Waals surface area contributed by atoms with E-state index in [1.165, 1.54) is 32.2 Å². The molecule has 2 heteroatoms. The summed E-state index contributed by atoms with van der Waals surface area (Å²) in [6.45, 7) is 4.63. The Hall–Kier alpha value is -0.0800. The number of ether oxygens (including phenoxy) is 1. The van der Waals surface area contributed by atoms with Crippen molar-refractivity contribution in [1.82, 2.24) is 4.90 Å². The predicted molar refractivity (Wildman–Crippen MR) is 49.2 cm³/mol. The van der Waals surface area contributed by atoms with Crippen molar-refractivity contribution < 1.29 is 4.74 Å². The Morgan fingerprint density at radius 2 is 2.33 bits per heavy atom. The van der Waals surface area contributed by atoms with Crippen molar-refractivity contribution in [2.24, 2.45) is 0 Å². The first-order valence-electron chi connectivity index (χ1n) is 5.02. The summed E-state index contributed by atoms with van der Waals surface area (Å²) >= 11 is 0. The van der Waals surface area contributed by atoms with E-state index in [2.05, 4.69) is 11.8 Å². The lowest BCUT2D eigenvalue weighted by atomic mass is 9.97. The van der Waals surface area contributed by atoms with Crippen LogP contribution in [-0.4, -0.2) is 36.7 Å². The van der Waals surface area contributed by atoms with Crippen LogP contribution < -0.4 is 0 Å². The molecule has 0 spiro atoms. The summed E-state index contributed by atoms with van der Waals surface area (Å²) in [6, 6.07) is 0.711. The van der Waals surface area contributed by atoms with Crippen LogP contribution in [-0.2, 0) is 4.74 Å². The van der Waals surface area contributed by atoms with Crippen LogP contribution in [0.25, 0.3) is 0 Å². The summed E-state index contributed by atoms with van der Waals surface area (Å²) in [5.41, 5.74) is 0.531. The smallest absolute Gasteiger partial charge is 0.0618 e. The number of hydrogen-bond acceptors (Lipinski definition) is 2. The molecule has 2 fully saturated rings. The summed E-state index contributed by atoms with van der Waals surface area (Å²) < 4.78 is 5.24. The topological polar surface area (TPSA) is 12.5 Å². The van der Waals surface area contributed by atoms with Crippen LogP contribution in [0, 0.1) is 0 Å². The first-order valence-corrected chi connectivity index (χ1v) is 5.02. The summed E-state index contributed by atoms with van der Waals surface area (Å²) in [5, 5.41) is 0. The third-order valence-corrected chi connectivity index (χ3v) is 3.62. The van der Waals surface area contributed by atoms with E-state index in [1.54, 1.807) is 0 Å². The molecule has 0 amide bonds. The van der Waals surface area contributed by atoms with E-state index in [-0.39, 0.29) is 0 Å². The van der Waals surface area contributed by atoms with Gasteiger partial charge in [0.05, 0.1) is 6.61 Å². The molecule has 0 aliphatic carbocycles. The van der Waals surface area contributed by atoms with Crippen molar-refractivity contribution in [2.45, 2.75) is 44.2 Å².